The summed E-state index contributed by atoms with van der Waals surface area (Å²) in [7, 11) is 2.60. The second kappa shape index (κ2) is 6.76. The summed E-state index contributed by atoms with van der Waals surface area (Å²) in [6.45, 7) is 2.72. The van der Waals surface area contributed by atoms with Crippen LogP contribution in [0.25, 0.3) is 0 Å². The first-order chi connectivity index (χ1) is 4.81. The summed E-state index contributed by atoms with van der Waals surface area (Å²) in [5, 5.41) is 0. The smallest absolute Gasteiger partial charge is 0.345 e. The van der Waals surface area contributed by atoms with Crippen LogP contribution in [-0.4, -0.2) is 29.7 Å². The molecule has 0 amide bonds. The standard InChI is InChI=1S/C6H11O3Si/c1-2-3-4-8-5-6(7)9-10/h2-5H2,1H3. The highest BCUT2D eigenvalue weighted by atomic mass is 28.2. The van der Waals surface area contributed by atoms with E-state index in [0.29, 0.717) is 6.61 Å². The summed E-state index contributed by atoms with van der Waals surface area (Å²) in [4.78, 5) is 10.4. The molecule has 0 aromatic rings. The van der Waals surface area contributed by atoms with Crippen molar-refractivity contribution in [3.05, 3.63) is 0 Å². The van der Waals surface area contributed by atoms with Crippen LogP contribution in [0.1, 0.15) is 19.8 Å². The van der Waals surface area contributed by atoms with Gasteiger partial charge in [0.25, 0.3) is 0 Å². The van der Waals surface area contributed by atoms with Crippen molar-refractivity contribution in [2.24, 2.45) is 0 Å². The van der Waals surface area contributed by atoms with E-state index in [1.807, 2.05) is 0 Å². The minimum absolute atomic E-state index is 0.0312. The van der Waals surface area contributed by atoms with Gasteiger partial charge in [0.05, 0.1) is 0 Å². The van der Waals surface area contributed by atoms with Crippen molar-refractivity contribution in [1.82, 2.24) is 0 Å². The van der Waals surface area contributed by atoms with Gasteiger partial charge >= 0.3 is 16.5 Å². The molecule has 4 heteroatoms. The van der Waals surface area contributed by atoms with Gasteiger partial charge in [-0.2, -0.15) is 0 Å². The lowest BCUT2D eigenvalue weighted by molar-refractivity contribution is -0.139. The summed E-state index contributed by atoms with van der Waals surface area (Å²) in [6.07, 6.45) is 2.05. The van der Waals surface area contributed by atoms with Crippen LogP contribution < -0.4 is 0 Å². The monoisotopic (exact) mass is 159 g/mol. The predicted molar refractivity (Wildman–Crippen MR) is 37.6 cm³/mol. The summed E-state index contributed by atoms with van der Waals surface area (Å²) in [5.41, 5.74) is 0. The number of hydrogen-bond acceptors (Lipinski definition) is 3. The minimum Gasteiger partial charge on any atom is -0.514 e. The molecule has 0 bridgehead atoms. The molecule has 0 aromatic carbocycles. The Morgan fingerprint density at radius 3 is 2.80 bits per heavy atom. The Balaban J connectivity index is 2.96. The summed E-state index contributed by atoms with van der Waals surface area (Å²) in [5.74, 6) is -0.396. The van der Waals surface area contributed by atoms with Gasteiger partial charge in [-0.1, -0.05) is 13.3 Å². The normalized spacial score (nSPS) is 9.40. The fraction of sp³-hybridized carbons (Fsp3) is 0.833. The van der Waals surface area contributed by atoms with Crippen LogP contribution in [0.4, 0.5) is 0 Å². The quantitative estimate of drug-likeness (QED) is 0.431. The Bertz CT molecular complexity index is 95.0. The third-order valence-electron chi connectivity index (χ3n) is 0.976. The van der Waals surface area contributed by atoms with Gasteiger partial charge in [0.1, 0.15) is 6.61 Å². The van der Waals surface area contributed by atoms with Crippen LogP contribution >= 0.6 is 0 Å². The summed E-state index contributed by atoms with van der Waals surface area (Å²) < 4.78 is 9.09. The first-order valence-corrected chi connectivity index (χ1v) is 3.66. The van der Waals surface area contributed by atoms with E-state index in [2.05, 4.69) is 21.8 Å². The Kier molecular flexibility index (Phi) is 6.52. The molecular weight excluding hydrogens is 148 g/mol. The van der Waals surface area contributed by atoms with E-state index in [0.717, 1.165) is 12.8 Å². The van der Waals surface area contributed by atoms with Gasteiger partial charge in [0.15, 0.2) is 0 Å². The maximum Gasteiger partial charge on any atom is 0.345 e. The van der Waals surface area contributed by atoms with Crippen LogP contribution in [0.2, 0.25) is 0 Å². The largest absolute Gasteiger partial charge is 0.514 e. The van der Waals surface area contributed by atoms with Crippen molar-refractivity contribution in [3.8, 4) is 0 Å². The van der Waals surface area contributed by atoms with Gasteiger partial charge in [-0.05, 0) is 6.42 Å². The highest BCUT2D eigenvalue weighted by Gasteiger charge is 1.97. The molecule has 0 aliphatic rings. The summed E-state index contributed by atoms with van der Waals surface area (Å²) >= 11 is 0. The molecule has 0 atom stereocenters. The predicted octanol–water partition coefficient (Wildman–Crippen LogP) is 0.430. The first-order valence-electron chi connectivity index (χ1n) is 3.25. The molecule has 0 unspecified atom stereocenters. The molecule has 0 aliphatic carbocycles. The minimum atomic E-state index is -0.396. The average Bonchev–Trinajstić information content (AvgIpc) is 1.98. The zero-order valence-electron chi connectivity index (χ0n) is 6.05. The lowest BCUT2D eigenvalue weighted by Gasteiger charge is -1.99. The SMILES string of the molecule is CCCCOCC(=O)O[Si]. The average molecular weight is 159 g/mol. The molecule has 0 saturated heterocycles. The van der Waals surface area contributed by atoms with E-state index in [4.69, 9.17) is 4.74 Å². The molecule has 57 valence electrons. The second-order valence-electron chi connectivity index (χ2n) is 1.88. The van der Waals surface area contributed by atoms with E-state index in [1.54, 1.807) is 0 Å². The van der Waals surface area contributed by atoms with E-state index < -0.39 is 5.97 Å². The van der Waals surface area contributed by atoms with E-state index >= 15 is 0 Å². The molecule has 0 fully saturated rings. The third-order valence-corrected chi connectivity index (χ3v) is 1.20. The van der Waals surface area contributed by atoms with Crippen molar-refractivity contribution < 1.29 is 14.0 Å². The zero-order chi connectivity index (χ0) is 7.82. The van der Waals surface area contributed by atoms with Crippen molar-refractivity contribution in [2.45, 2.75) is 19.8 Å². The zero-order valence-corrected chi connectivity index (χ0v) is 7.05. The maximum absolute atomic E-state index is 10.4. The number of rotatable bonds is 5. The number of hydrogen-bond donors (Lipinski definition) is 0. The fourth-order valence-electron chi connectivity index (χ4n) is 0.431. The van der Waals surface area contributed by atoms with Crippen LogP contribution in [0.15, 0.2) is 0 Å². The topological polar surface area (TPSA) is 35.5 Å². The summed E-state index contributed by atoms with van der Waals surface area (Å²) in [6, 6.07) is 0. The van der Waals surface area contributed by atoms with Gasteiger partial charge in [0, 0.05) is 6.61 Å². The van der Waals surface area contributed by atoms with Crippen LogP contribution in [0, 0.1) is 0 Å². The van der Waals surface area contributed by atoms with Crippen molar-refractivity contribution in [3.63, 3.8) is 0 Å². The van der Waals surface area contributed by atoms with Crippen LogP contribution in [0.3, 0.4) is 0 Å². The maximum atomic E-state index is 10.4. The number of unbranched alkanes of at least 4 members (excludes halogenated alkanes) is 1. The molecular formula is C6H11O3Si. The van der Waals surface area contributed by atoms with Gasteiger partial charge in [-0.25, -0.2) is 0 Å². The van der Waals surface area contributed by atoms with Crippen LogP contribution in [-0.2, 0) is 14.0 Å². The molecule has 0 saturated carbocycles. The van der Waals surface area contributed by atoms with Crippen molar-refractivity contribution in [2.75, 3.05) is 13.2 Å². The molecule has 10 heavy (non-hydrogen) atoms. The van der Waals surface area contributed by atoms with Crippen molar-refractivity contribution >= 4 is 16.5 Å². The number of ether oxygens (including phenoxy) is 1. The molecule has 0 N–H and O–H groups in total. The van der Waals surface area contributed by atoms with Gasteiger partial charge < -0.3 is 9.16 Å². The van der Waals surface area contributed by atoms with E-state index in [-0.39, 0.29) is 6.61 Å². The Labute approximate surface area is 64.2 Å². The molecule has 0 aliphatic heterocycles. The highest BCUT2D eigenvalue weighted by molar-refractivity contribution is 6.05. The van der Waals surface area contributed by atoms with Gasteiger partial charge in [-0.15, -0.1) is 0 Å². The van der Waals surface area contributed by atoms with Crippen molar-refractivity contribution in [1.29, 1.82) is 0 Å². The molecule has 0 aromatic heterocycles. The van der Waals surface area contributed by atoms with Gasteiger partial charge in [0.2, 0.25) is 0 Å². The third kappa shape index (κ3) is 5.78. The second-order valence-corrected chi connectivity index (χ2v) is 2.08. The lowest BCUT2D eigenvalue weighted by Crippen LogP contribution is -2.11. The number of carbonyl (C=O) groups excluding carboxylic acids is 1. The molecule has 3 nitrogen and oxygen atoms in total. The van der Waals surface area contributed by atoms with E-state index in [9.17, 15) is 4.79 Å². The fourth-order valence-corrected chi connectivity index (χ4v) is 0.490. The molecule has 3 radical (unpaired) electrons. The first kappa shape index (κ1) is 9.65. The Morgan fingerprint density at radius 1 is 1.60 bits per heavy atom. The lowest BCUT2D eigenvalue weighted by atomic mass is 10.4. The van der Waals surface area contributed by atoms with Gasteiger partial charge in [-0.3, -0.25) is 4.79 Å². The molecule has 0 rings (SSSR count). The van der Waals surface area contributed by atoms with Crippen LogP contribution in [0.5, 0.6) is 0 Å². The molecule has 0 heterocycles. The highest BCUT2D eigenvalue weighted by Crippen LogP contribution is 1.87. The van der Waals surface area contributed by atoms with E-state index in [1.165, 1.54) is 0 Å². The molecule has 0 spiro atoms. The Morgan fingerprint density at radius 2 is 2.30 bits per heavy atom. The number of carbonyl (C=O) groups is 1. The Hall–Kier alpha value is -0.353.